The first-order chi connectivity index (χ1) is 6.01. The van der Waals surface area contributed by atoms with Gasteiger partial charge in [-0.2, -0.15) is 0 Å². The van der Waals surface area contributed by atoms with Crippen LogP contribution in [-0.4, -0.2) is 17.5 Å². The van der Waals surface area contributed by atoms with Gasteiger partial charge >= 0.3 is 0 Å². The third-order valence-electron chi connectivity index (χ3n) is 1.69. The van der Waals surface area contributed by atoms with Gasteiger partial charge in [-0.1, -0.05) is 20.8 Å². The lowest BCUT2D eigenvalue weighted by Gasteiger charge is -2.26. The van der Waals surface area contributed by atoms with Crippen LogP contribution in [0.25, 0.3) is 0 Å². The number of carbonyl (C=O) groups is 1. The monoisotopic (exact) mass is 200 g/mol. The Morgan fingerprint density at radius 1 is 1.14 bits per heavy atom. The summed E-state index contributed by atoms with van der Waals surface area (Å²) in [6, 6.07) is 0. The standard InChI is InChI=1S/C12H24O2/c1-9(14-12(5,6)7)10(13)8-11(2,3)4/h9H,8H2,1-7H3. The van der Waals surface area contributed by atoms with Crippen LogP contribution in [0.3, 0.4) is 0 Å². The SMILES string of the molecule is CC(OC(C)(C)C)C(=O)CC(C)(C)C. The molecule has 1 atom stereocenters. The van der Waals surface area contributed by atoms with E-state index in [1.165, 1.54) is 0 Å². The van der Waals surface area contributed by atoms with Gasteiger partial charge in [0.1, 0.15) is 6.10 Å². The third kappa shape index (κ3) is 7.07. The average molecular weight is 200 g/mol. The summed E-state index contributed by atoms with van der Waals surface area (Å²) in [5.74, 6) is 0.187. The van der Waals surface area contributed by atoms with Crippen LogP contribution in [0, 0.1) is 5.41 Å². The van der Waals surface area contributed by atoms with Crippen LogP contribution in [0.5, 0.6) is 0 Å². The van der Waals surface area contributed by atoms with Gasteiger partial charge in [-0.05, 0) is 33.1 Å². The van der Waals surface area contributed by atoms with Crippen LogP contribution < -0.4 is 0 Å². The molecule has 0 aliphatic carbocycles. The van der Waals surface area contributed by atoms with Crippen molar-refractivity contribution in [2.45, 2.75) is 66.6 Å². The second kappa shape index (κ2) is 4.43. The van der Waals surface area contributed by atoms with Gasteiger partial charge in [-0.25, -0.2) is 0 Å². The lowest BCUT2D eigenvalue weighted by Crippen LogP contribution is -2.32. The molecule has 0 amide bonds. The summed E-state index contributed by atoms with van der Waals surface area (Å²) in [5, 5.41) is 0. The largest absolute Gasteiger partial charge is 0.365 e. The van der Waals surface area contributed by atoms with Crippen molar-refractivity contribution < 1.29 is 9.53 Å². The molecule has 1 unspecified atom stereocenters. The van der Waals surface area contributed by atoms with Crippen molar-refractivity contribution in [1.29, 1.82) is 0 Å². The van der Waals surface area contributed by atoms with E-state index < -0.39 is 0 Å². The fraction of sp³-hybridized carbons (Fsp3) is 0.917. The van der Waals surface area contributed by atoms with E-state index in [0.717, 1.165) is 0 Å². The highest BCUT2D eigenvalue weighted by Gasteiger charge is 2.24. The smallest absolute Gasteiger partial charge is 0.161 e. The van der Waals surface area contributed by atoms with E-state index in [2.05, 4.69) is 20.8 Å². The maximum Gasteiger partial charge on any atom is 0.161 e. The van der Waals surface area contributed by atoms with E-state index >= 15 is 0 Å². The van der Waals surface area contributed by atoms with Crippen molar-refractivity contribution in [2.75, 3.05) is 0 Å². The highest BCUT2D eigenvalue weighted by Crippen LogP contribution is 2.21. The molecule has 14 heavy (non-hydrogen) atoms. The lowest BCUT2D eigenvalue weighted by atomic mass is 9.88. The number of hydrogen-bond donors (Lipinski definition) is 0. The van der Waals surface area contributed by atoms with E-state index in [4.69, 9.17) is 4.74 Å². The highest BCUT2D eigenvalue weighted by molar-refractivity contribution is 5.83. The molecule has 0 radical (unpaired) electrons. The lowest BCUT2D eigenvalue weighted by molar-refractivity contribution is -0.140. The Morgan fingerprint density at radius 2 is 1.57 bits per heavy atom. The Morgan fingerprint density at radius 3 is 1.86 bits per heavy atom. The zero-order chi connectivity index (χ0) is 11.6. The normalized spacial score (nSPS) is 15.4. The van der Waals surface area contributed by atoms with Crippen molar-refractivity contribution in [1.82, 2.24) is 0 Å². The van der Waals surface area contributed by atoms with Gasteiger partial charge in [0.25, 0.3) is 0 Å². The quantitative estimate of drug-likeness (QED) is 0.699. The van der Waals surface area contributed by atoms with E-state index in [-0.39, 0.29) is 22.9 Å². The van der Waals surface area contributed by atoms with Crippen molar-refractivity contribution in [3.8, 4) is 0 Å². The predicted molar refractivity (Wildman–Crippen MR) is 59.4 cm³/mol. The Hall–Kier alpha value is -0.370. The van der Waals surface area contributed by atoms with Crippen molar-refractivity contribution in [3.05, 3.63) is 0 Å². The minimum absolute atomic E-state index is 0.0482. The second-order valence-corrected chi connectivity index (χ2v) is 6.08. The highest BCUT2D eigenvalue weighted by atomic mass is 16.5. The topological polar surface area (TPSA) is 26.3 Å². The molecule has 0 rings (SSSR count). The summed E-state index contributed by atoms with van der Waals surface area (Å²) >= 11 is 0. The number of rotatable bonds is 3. The van der Waals surface area contributed by atoms with Crippen LogP contribution in [0.15, 0.2) is 0 Å². The molecular weight excluding hydrogens is 176 g/mol. The van der Waals surface area contributed by atoms with Crippen LogP contribution in [-0.2, 0) is 9.53 Å². The van der Waals surface area contributed by atoms with Crippen LogP contribution in [0.4, 0.5) is 0 Å². The van der Waals surface area contributed by atoms with E-state index in [1.807, 2.05) is 27.7 Å². The van der Waals surface area contributed by atoms with Gasteiger partial charge < -0.3 is 4.74 Å². The fourth-order valence-electron chi connectivity index (χ4n) is 1.26. The average Bonchev–Trinajstić information content (AvgIpc) is 1.78. The molecule has 0 aromatic heterocycles. The summed E-state index contributed by atoms with van der Waals surface area (Å²) in [6.07, 6.45) is 0.277. The third-order valence-corrected chi connectivity index (χ3v) is 1.69. The number of hydrogen-bond acceptors (Lipinski definition) is 2. The van der Waals surface area contributed by atoms with Gasteiger partial charge in [-0.3, -0.25) is 4.79 Å². The maximum atomic E-state index is 11.7. The Labute approximate surface area is 88.0 Å². The molecule has 0 fully saturated rings. The first-order valence-electron chi connectivity index (χ1n) is 5.22. The summed E-state index contributed by atoms with van der Waals surface area (Å²) < 4.78 is 5.60. The first-order valence-corrected chi connectivity index (χ1v) is 5.22. The minimum atomic E-state index is -0.297. The van der Waals surface area contributed by atoms with Gasteiger partial charge in [0.05, 0.1) is 5.60 Å². The zero-order valence-corrected chi connectivity index (χ0v) is 10.6. The van der Waals surface area contributed by atoms with Crippen LogP contribution in [0.1, 0.15) is 54.9 Å². The fourth-order valence-corrected chi connectivity index (χ4v) is 1.26. The zero-order valence-electron chi connectivity index (χ0n) is 10.6. The second-order valence-electron chi connectivity index (χ2n) is 6.08. The van der Waals surface area contributed by atoms with Gasteiger partial charge in [0.2, 0.25) is 0 Å². The number of Topliss-reactive ketones (excluding diaryl/α,β-unsaturated/α-hetero) is 1. The molecule has 0 saturated heterocycles. The molecule has 0 aliphatic heterocycles. The van der Waals surface area contributed by atoms with Crippen molar-refractivity contribution >= 4 is 5.78 Å². The van der Waals surface area contributed by atoms with Gasteiger partial charge in [0.15, 0.2) is 5.78 Å². The summed E-state index contributed by atoms with van der Waals surface area (Å²) in [5.41, 5.74) is -0.195. The molecule has 0 aliphatic rings. The molecule has 0 aromatic carbocycles. The molecular formula is C12H24O2. The Bertz CT molecular complexity index is 193. The summed E-state index contributed by atoms with van der Waals surface area (Å²) in [4.78, 5) is 11.7. The van der Waals surface area contributed by atoms with E-state index in [1.54, 1.807) is 0 Å². The molecule has 0 saturated carbocycles. The van der Waals surface area contributed by atoms with Gasteiger partial charge in [-0.15, -0.1) is 0 Å². The number of ether oxygens (including phenoxy) is 1. The summed E-state index contributed by atoms with van der Waals surface area (Å²) in [7, 11) is 0. The maximum absolute atomic E-state index is 11.7. The van der Waals surface area contributed by atoms with E-state index in [9.17, 15) is 4.79 Å². The van der Waals surface area contributed by atoms with E-state index in [0.29, 0.717) is 6.42 Å². The van der Waals surface area contributed by atoms with Crippen molar-refractivity contribution in [3.63, 3.8) is 0 Å². The van der Waals surface area contributed by atoms with Gasteiger partial charge in [0, 0.05) is 6.42 Å². The number of carbonyl (C=O) groups excluding carboxylic acids is 1. The Kier molecular flexibility index (Phi) is 4.32. The molecule has 0 bridgehead atoms. The molecule has 0 heterocycles. The molecule has 2 nitrogen and oxygen atoms in total. The first kappa shape index (κ1) is 13.6. The minimum Gasteiger partial charge on any atom is -0.365 e. The molecule has 84 valence electrons. The molecule has 0 aromatic rings. The van der Waals surface area contributed by atoms with Crippen LogP contribution in [0.2, 0.25) is 0 Å². The molecule has 0 N–H and O–H groups in total. The predicted octanol–water partition coefficient (Wildman–Crippen LogP) is 3.20. The molecule has 0 spiro atoms. The van der Waals surface area contributed by atoms with Crippen molar-refractivity contribution in [2.24, 2.45) is 5.41 Å². The number of ketones is 1. The van der Waals surface area contributed by atoms with Crippen LogP contribution >= 0.6 is 0 Å². The summed E-state index contributed by atoms with van der Waals surface area (Å²) in [6.45, 7) is 13.9. The Balaban J connectivity index is 4.15. The molecule has 2 heteroatoms.